The molecular formula is C11H10ClN3O2S. The molecule has 2 rings (SSSR count). The zero-order valence-corrected chi connectivity index (χ0v) is 10.7. The van der Waals surface area contributed by atoms with Crippen molar-refractivity contribution >= 4 is 39.9 Å². The van der Waals surface area contributed by atoms with E-state index in [9.17, 15) is 4.21 Å². The Balaban J connectivity index is 2.26. The van der Waals surface area contributed by atoms with E-state index in [1.54, 1.807) is 24.4 Å². The lowest BCUT2D eigenvalue weighted by Gasteiger charge is -2.11. The van der Waals surface area contributed by atoms with Gasteiger partial charge in [-0.3, -0.25) is 14.3 Å². The number of pyridine rings is 1. The molecule has 94 valence electrons. The van der Waals surface area contributed by atoms with E-state index >= 15 is 0 Å². The predicted molar refractivity (Wildman–Crippen MR) is 73.4 cm³/mol. The lowest BCUT2D eigenvalue weighted by molar-refractivity contribution is 0.570. The molecule has 0 aliphatic carbocycles. The zero-order valence-electron chi connectivity index (χ0n) is 9.13. The van der Waals surface area contributed by atoms with Gasteiger partial charge in [-0.05, 0) is 24.3 Å². The van der Waals surface area contributed by atoms with E-state index in [2.05, 4.69) is 15.0 Å². The second kappa shape index (κ2) is 5.81. The fourth-order valence-corrected chi connectivity index (χ4v) is 1.94. The molecule has 0 bridgehead atoms. The summed E-state index contributed by atoms with van der Waals surface area (Å²) in [5.74, 6) is 0. The van der Waals surface area contributed by atoms with Crippen LogP contribution in [-0.4, -0.2) is 13.7 Å². The number of anilines is 3. The highest BCUT2D eigenvalue weighted by Gasteiger charge is 2.04. The van der Waals surface area contributed by atoms with Crippen molar-refractivity contribution in [3.63, 3.8) is 0 Å². The van der Waals surface area contributed by atoms with E-state index in [4.69, 9.17) is 16.2 Å². The summed E-state index contributed by atoms with van der Waals surface area (Å²) in [5.41, 5.74) is 1.84. The maximum Gasteiger partial charge on any atom is 0.259 e. The van der Waals surface area contributed by atoms with Crippen molar-refractivity contribution in [1.29, 1.82) is 0 Å². The standard InChI is InChI=1S/C11H10ClN3O2S/c12-8-2-1-3-9(6-8)14-10-4-5-13-7-11(10)15-18(16)17/h1-7,15H,(H,13,14)(H,16,17). The van der Waals surface area contributed by atoms with Gasteiger partial charge in [-0.25, -0.2) is 4.21 Å². The molecule has 0 fully saturated rings. The molecule has 5 nitrogen and oxygen atoms in total. The molecule has 0 saturated heterocycles. The summed E-state index contributed by atoms with van der Waals surface area (Å²) in [5, 5.41) is 3.69. The van der Waals surface area contributed by atoms with Crippen LogP contribution in [0.1, 0.15) is 0 Å². The van der Waals surface area contributed by atoms with Crippen LogP contribution in [0.4, 0.5) is 17.1 Å². The molecule has 1 aromatic heterocycles. The van der Waals surface area contributed by atoms with E-state index in [0.29, 0.717) is 16.4 Å². The number of nitrogens with one attached hydrogen (secondary N) is 2. The first kappa shape index (κ1) is 12.8. The molecule has 1 heterocycles. The van der Waals surface area contributed by atoms with Gasteiger partial charge in [-0.1, -0.05) is 17.7 Å². The minimum absolute atomic E-state index is 0.429. The van der Waals surface area contributed by atoms with E-state index < -0.39 is 11.3 Å². The normalized spacial score (nSPS) is 11.9. The average Bonchev–Trinajstić information content (AvgIpc) is 2.31. The summed E-state index contributed by atoms with van der Waals surface area (Å²) in [6, 6.07) is 8.86. The van der Waals surface area contributed by atoms with Crippen molar-refractivity contribution in [2.24, 2.45) is 0 Å². The number of nitrogens with zero attached hydrogens (tertiary/aromatic N) is 1. The number of benzene rings is 1. The van der Waals surface area contributed by atoms with E-state index in [1.807, 2.05) is 12.1 Å². The number of aromatic nitrogens is 1. The van der Waals surface area contributed by atoms with Crippen molar-refractivity contribution in [2.45, 2.75) is 0 Å². The molecule has 1 aromatic carbocycles. The largest absolute Gasteiger partial charge is 0.354 e. The minimum atomic E-state index is -2.15. The third-order valence-electron chi connectivity index (χ3n) is 2.12. The summed E-state index contributed by atoms with van der Waals surface area (Å²) in [6.07, 6.45) is 3.04. The molecule has 0 radical (unpaired) electrons. The topological polar surface area (TPSA) is 74.2 Å². The van der Waals surface area contributed by atoms with Gasteiger partial charge in [0.15, 0.2) is 0 Å². The maximum absolute atomic E-state index is 10.8. The summed E-state index contributed by atoms with van der Waals surface area (Å²) < 4.78 is 22.0. The van der Waals surface area contributed by atoms with Gasteiger partial charge in [0, 0.05) is 16.9 Å². The molecule has 0 spiro atoms. The highest BCUT2D eigenvalue weighted by Crippen LogP contribution is 2.25. The van der Waals surface area contributed by atoms with Crippen LogP contribution in [0.2, 0.25) is 5.02 Å². The highest BCUT2D eigenvalue weighted by atomic mass is 35.5. The van der Waals surface area contributed by atoms with Crippen LogP contribution >= 0.6 is 11.6 Å². The Labute approximate surface area is 112 Å². The Hall–Kier alpha value is -1.63. The Morgan fingerprint density at radius 1 is 1.28 bits per heavy atom. The average molecular weight is 284 g/mol. The van der Waals surface area contributed by atoms with Crippen LogP contribution in [0.3, 0.4) is 0 Å². The molecule has 3 N–H and O–H groups in total. The van der Waals surface area contributed by atoms with Gasteiger partial charge in [-0.15, -0.1) is 0 Å². The molecule has 1 unspecified atom stereocenters. The molecule has 0 amide bonds. The fraction of sp³-hybridized carbons (Fsp3) is 0. The first-order valence-corrected chi connectivity index (χ1v) is 6.48. The Kier molecular flexibility index (Phi) is 4.14. The molecular weight excluding hydrogens is 274 g/mol. The number of hydrogen-bond donors (Lipinski definition) is 3. The second-order valence-corrected chi connectivity index (χ2v) is 4.55. The lowest BCUT2D eigenvalue weighted by atomic mass is 10.3. The molecule has 0 aliphatic heterocycles. The minimum Gasteiger partial charge on any atom is -0.354 e. The Bertz CT molecular complexity index is 580. The van der Waals surface area contributed by atoms with Gasteiger partial charge in [0.05, 0.1) is 17.6 Å². The van der Waals surface area contributed by atoms with Crippen molar-refractivity contribution in [2.75, 3.05) is 10.0 Å². The number of hydrogen-bond acceptors (Lipinski definition) is 3. The Morgan fingerprint density at radius 2 is 2.11 bits per heavy atom. The predicted octanol–water partition coefficient (Wildman–Crippen LogP) is 3.03. The van der Waals surface area contributed by atoms with Crippen LogP contribution in [0.25, 0.3) is 0 Å². The number of rotatable bonds is 4. The van der Waals surface area contributed by atoms with Crippen molar-refractivity contribution in [3.8, 4) is 0 Å². The van der Waals surface area contributed by atoms with Crippen molar-refractivity contribution in [1.82, 2.24) is 4.98 Å². The molecule has 7 heteroatoms. The third-order valence-corrected chi connectivity index (χ3v) is 2.75. The maximum atomic E-state index is 10.8. The van der Waals surface area contributed by atoms with Crippen LogP contribution in [0.15, 0.2) is 42.7 Å². The highest BCUT2D eigenvalue weighted by molar-refractivity contribution is 7.80. The summed E-state index contributed by atoms with van der Waals surface area (Å²) in [4.78, 5) is 3.88. The van der Waals surface area contributed by atoms with Crippen LogP contribution < -0.4 is 10.0 Å². The quantitative estimate of drug-likeness (QED) is 0.754. The van der Waals surface area contributed by atoms with Crippen LogP contribution in [0.5, 0.6) is 0 Å². The summed E-state index contributed by atoms with van der Waals surface area (Å²) >= 11 is 3.73. The zero-order chi connectivity index (χ0) is 13.0. The first-order chi connectivity index (χ1) is 8.65. The van der Waals surface area contributed by atoms with Gasteiger partial charge >= 0.3 is 0 Å². The van der Waals surface area contributed by atoms with Crippen molar-refractivity contribution < 1.29 is 8.76 Å². The third kappa shape index (κ3) is 3.43. The summed E-state index contributed by atoms with van der Waals surface area (Å²) in [7, 11) is 0. The monoisotopic (exact) mass is 283 g/mol. The molecule has 0 aliphatic rings. The smallest absolute Gasteiger partial charge is 0.259 e. The van der Waals surface area contributed by atoms with Crippen LogP contribution in [0, 0.1) is 0 Å². The van der Waals surface area contributed by atoms with Gasteiger partial charge in [0.25, 0.3) is 11.3 Å². The van der Waals surface area contributed by atoms with E-state index in [-0.39, 0.29) is 0 Å². The van der Waals surface area contributed by atoms with E-state index in [0.717, 1.165) is 5.69 Å². The number of halogens is 1. The van der Waals surface area contributed by atoms with Crippen LogP contribution in [-0.2, 0) is 11.3 Å². The van der Waals surface area contributed by atoms with Gasteiger partial charge in [0.2, 0.25) is 0 Å². The second-order valence-electron chi connectivity index (χ2n) is 3.41. The summed E-state index contributed by atoms with van der Waals surface area (Å²) in [6.45, 7) is 0. The van der Waals surface area contributed by atoms with Gasteiger partial charge in [0.1, 0.15) is 0 Å². The van der Waals surface area contributed by atoms with E-state index in [1.165, 1.54) is 6.20 Å². The van der Waals surface area contributed by atoms with Crippen molar-refractivity contribution in [3.05, 3.63) is 47.7 Å². The van der Waals surface area contributed by atoms with Gasteiger partial charge in [-0.2, -0.15) is 0 Å². The molecule has 2 aromatic rings. The molecule has 18 heavy (non-hydrogen) atoms. The first-order valence-electron chi connectivity index (χ1n) is 4.99. The SMILES string of the molecule is O=S(O)Nc1cnccc1Nc1cccc(Cl)c1. The molecule has 1 atom stereocenters. The molecule has 0 saturated carbocycles. The lowest BCUT2D eigenvalue weighted by Crippen LogP contribution is -2.05. The van der Waals surface area contributed by atoms with Gasteiger partial charge < -0.3 is 5.32 Å². The Morgan fingerprint density at radius 3 is 2.83 bits per heavy atom. The fourth-order valence-electron chi connectivity index (χ4n) is 1.40.